The van der Waals surface area contributed by atoms with Gasteiger partial charge in [-0.3, -0.25) is 0 Å². The molecule has 0 N–H and O–H groups in total. The minimum Gasteiger partial charge on any atom is -0.377 e. The fourth-order valence-electron chi connectivity index (χ4n) is 2.95. The number of hydrogen-bond acceptors (Lipinski definition) is 2. The van der Waals surface area contributed by atoms with Gasteiger partial charge in [-0.05, 0) is 50.2 Å². The van der Waals surface area contributed by atoms with Crippen LogP contribution in [0.25, 0.3) is 0 Å². The van der Waals surface area contributed by atoms with Gasteiger partial charge in [0.05, 0.1) is 12.7 Å². The van der Waals surface area contributed by atoms with Crippen molar-refractivity contribution in [1.82, 2.24) is 4.90 Å². The molecule has 1 spiro atoms. The fraction of sp³-hybridized carbons (Fsp3) is 1.00. The highest BCUT2D eigenvalue weighted by Crippen LogP contribution is 2.43. The number of likely N-dealkylation sites (tertiary alicyclic amines) is 1. The maximum absolute atomic E-state index is 5.96. The van der Waals surface area contributed by atoms with Crippen LogP contribution in [0.15, 0.2) is 0 Å². The summed E-state index contributed by atoms with van der Waals surface area (Å²) in [6, 6.07) is 0. The molecular formula is C15H31NO. The number of rotatable bonds is 2. The predicted molar refractivity (Wildman–Crippen MR) is 74.3 cm³/mol. The van der Waals surface area contributed by atoms with Crippen LogP contribution in [0.4, 0.5) is 0 Å². The zero-order valence-electron chi connectivity index (χ0n) is 12.5. The minimum absolute atomic E-state index is 0.526. The van der Waals surface area contributed by atoms with E-state index >= 15 is 0 Å². The lowest BCUT2D eigenvalue weighted by Crippen LogP contribution is -2.40. The molecule has 2 nitrogen and oxygen atoms in total. The van der Waals surface area contributed by atoms with Crippen molar-refractivity contribution >= 4 is 0 Å². The van der Waals surface area contributed by atoms with Crippen molar-refractivity contribution < 1.29 is 4.74 Å². The topological polar surface area (TPSA) is 12.5 Å². The van der Waals surface area contributed by atoms with Gasteiger partial charge in [0.2, 0.25) is 0 Å². The Morgan fingerprint density at radius 2 is 1.82 bits per heavy atom. The van der Waals surface area contributed by atoms with Crippen molar-refractivity contribution in [3.05, 3.63) is 0 Å². The van der Waals surface area contributed by atoms with E-state index < -0.39 is 0 Å². The Labute approximate surface area is 108 Å². The normalized spacial score (nSPS) is 28.2. The van der Waals surface area contributed by atoms with Crippen LogP contribution < -0.4 is 0 Å². The van der Waals surface area contributed by atoms with Crippen molar-refractivity contribution in [3.8, 4) is 0 Å². The summed E-state index contributed by atoms with van der Waals surface area (Å²) in [6.07, 6.45) is 4.54. The number of ether oxygens (including phenoxy) is 1. The summed E-state index contributed by atoms with van der Waals surface area (Å²) in [5.74, 6) is 0.688. The monoisotopic (exact) mass is 241 g/mol. The molecule has 2 fully saturated rings. The Hall–Kier alpha value is -0.0800. The van der Waals surface area contributed by atoms with Gasteiger partial charge in [0, 0.05) is 0 Å². The van der Waals surface area contributed by atoms with Gasteiger partial charge in [-0.1, -0.05) is 34.6 Å². The number of piperidine rings is 1. The molecule has 2 saturated heterocycles. The van der Waals surface area contributed by atoms with E-state index in [0.717, 1.165) is 6.61 Å². The molecule has 0 amide bonds. The molecule has 2 heteroatoms. The minimum atomic E-state index is 0.526. The van der Waals surface area contributed by atoms with Gasteiger partial charge in [-0.2, -0.15) is 0 Å². The molecule has 2 rings (SSSR count). The van der Waals surface area contributed by atoms with Gasteiger partial charge in [0.25, 0.3) is 0 Å². The molecule has 0 bridgehead atoms. The van der Waals surface area contributed by atoms with Crippen LogP contribution in [0.5, 0.6) is 0 Å². The van der Waals surface area contributed by atoms with Crippen molar-refractivity contribution in [1.29, 1.82) is 0 Å². The zero-order valence-corrected chi connectivity index (χ0v) is 12.5. The van der Waals surface area contributed by atoms with E-state index in [1.165, 1.54) is 38.9 Å². The van der Waals surface area contributed by atoms with Crippen LogP contribution in [-0.2, 0) is 4.74 Å². The molecule has 2 aliphatic rings. The Balaban J connectivity index is 0.000000686. The second kappa shape index (κ2) is 6.75. The molecule has 0 aromatic heterocycles. The fourth-order valence-corrected chi connectivity index (χ4v) is 2.95. The molecule has 0 saturated carbocycles. The van der Waals surface area contributed by atoms with Gasteiger partial charge in [-0.25, -0.2) is 0 Å². The van der Waals surface area contributed by atoms with Crippen LogP contribution in [0, 0.1) is 11.3 Å². The van der Waals surface area contributed by atoms with Gasteiger partial charge in [-0.15, -0.1) is 0 Å². The molecule has 1 atom stereocenters. The summed E-state index contributed by atoms with van der Waals surface area (Å²) in [6.45, 7) is 15.6. The smallest absolute Gasteiger partial charge is 0.0604 e. The summed E-state index contributed by atoms with van der Waals surface area (Å²) in [4.78, 5) is 2.56. The van der Waals surface area contributed by atoms with Crippen LogP contribution in [0.2, 0.25) is 0 Å². The van der Waals surface area contributed by atoms with Crippen molar-refractivity contribution in [3.63, 3.8) is 0 Å². The summed E-state index contributed by atoms with van der Waals surface area (Å²) in [7, 11) is 0. The van der Waals surface area contributed by atoms with Crippen LogP contribution in [0.3, 0.4) is 0 Å². The van der Waals surface area contributed by atoms with Crippen molar-refractivity contribution in [2.75, 3.05) is 26.2 Å². The molecule has 2 aliphatic heterocycles. The Kier molecular flexibility index (Phi) is 5.94. The Morgan fingerprint density at radius 3 is 2.24 bits per heavy atom. The van der Waals surface area contributed by atoms with E-state index in [-0.39, 0.29) is 0 Å². The van der Waals surface area contributed by atoms with E-state index in [0.29, 0.717) is 17.4 Å². The first-order valence-corrected chi connectivity index (χ1v) is 7.49. The third-order valence-corrected chi connectivity index (χ3v) is 4.35. The molecule has 17 heavy (non-hydrogen) atoms. The van der Waals surface area contributed by atoms with Crippen LogP contribution in [-0.4, -0.2) is 37.2 Å². The average molecular weight is 241 g/mol. The lowest BCUT2D eigenvalue weighted by atomic mass is 9.75. The van der Waals surface area contributed by atoms with Gasteiger partial charge < -0.3 is 9.64 Å². The SMILES string of the molecule is CC.CCN1CCC2(CC1)COC(C(C)C)C2. The second-order valence-electron chi connectivity index (χ2n) is 5.73. The molecular weight excluding hydrogens is 210 g/mol. The first kappa shape index (κ1) is 15.0. The third-order valence-electron chi connectivity index (χ3n) is 4.35. The average Bonchev–Trinajstić information content (AvgIpc) is 2.77. The summed E-state index contributed by atoms with van der Waals surface area (Å²) < 4.78 is 5.96. The zero-order chi connectivity index (χ0) is 12.9. The van der Waals surface area contributed by atoms with Gasteiger partial charge >= 0.3 is 0 Å². The third kappa shape index (κ3) is 3.69. The Morgan fingerprint density at radius 1 is 1.24 bits per heavy atom. The van der Waals surface area contributed by atoms with Crippen LogP contribution >= 0.6 is 0 Å². The largest absolute Gasteiger partial charge is 0.377 e. The molecule has 2 heterocycles. The lowest BCUT2D eigenvalue weighted by Gasteiger charge is -2.38. The summed E-state index contributed by atoms with van der Waals surface area (Å²) in [5.41, 5.74) is 0.542. The highest BCUT2D eigenvalue weighted by molar-refractivity contribution is 4.92. The standard InChI is InChI=1S/C13H25NO.C2H6/c1-4-14-7-5-13(6-8-14)9-12(11(2)3)15-10-13;1-2/h11-12H,4-10H2,1-3H3;1-2H3. The van der Waals surface area contributed by atoms with Gasteiger partial charge in [0.1, 0.15) is 0 Å². The maximum atomic E-state index is 5.96. The summed E-state index contributed by atoms with van der Waals surface area (Å²) in [5, 5.41) is 0. The van der Waals surface area contributed by atoms with E-state index in [1.807, 2.05) is 13.8 Å². The predicted octanol–water partition coefficient (Wildman–Crippen LogP) is 3.56. The van der Waals surface area contributed by atoms with Crippen molar-refractivity contribution in [2.24, 2.45) is 11.3 Å². The van der Waals surface area contributed by atoms with E-state index in [1.54, 1.807) is 0 Å². The lowest BCUT2D eigenvalue weighted by molar-refractivity contribution is 0.0517. The number of nitrogens with zero attached hydrogens (tertiary/aromatic N) is 1. The molecule has 0 aromatic rings. The van der Waals surface area contributed by atoms with E-state index in [9.17, 15) is 0 Å². The quantitative estimate of drug-likeness (QED) is 0.733. The molecule has 102 valence electrons. The highest BCUT2D eigenvalue weighted by Gasteiger charge is 2.42. The van der Waals surface area contributed by atoms with Gasteiger partial charge in [0.15, 0.2) is 0 Å². The first-order valence-electron chi connectivity index (χ1n) is 7.49. The molecule has 0 aliphatic carbocycles. The molecule has 0 radical (unpaired) electrons. The van der Waals surface area contributed by atoms with E-state index in [4.69, 9.17) is 4.74 Å². The maximum Gasteiger partial charge on any atom is 0.0604 e. The Bertz CT molecular complexity index is 207. The molecule has 1 unspecified atom stereocenters. The summed E-state index contributed by atoms with van der Waals surface area (Å²) >= 11 is 0. The number of hydrogen-bond donors (Lipinski definition) is 0. The highest BCUT2D eigenvalue weighted by atomic mass is 16.5. The second-order valence-corrected chi connectivity index (χ2v) is 5.73. The molecule has 0 aromatic carbocycles. The van der Waals surface area contributed by atoms with Crippen LogP contribution in [0.1, 0.15) is 53.9 Å². The first-order chi connectivity index (χ1) is 8.15. The van der Waals surface area contributed by atoms with E-state index in [2.05, 4.69) is 25.7 Å². The van der Waals surface area contributed by atoms with Crippen molar-refractivity contribution in [2.45, 2.75) is 60.0 Å².